The van der Waals surface area contributed by atoms with E-state index in [1.165, 1.54) is 19.3 Å². The lowest BCUT2D eigenvalue weighted by Crippen LogP contribution is -2.35. The molecule has 1 fully saturated rings. The first kappa shape index (κ1) is 16.5. The Hall–Kier alpha value is -1.84. The third kappa shape index (κ3) is 3.87. The number of carbonyl (C=O) groups excluding carboxylic acids is 1. The van der Waals surface area contributed by atoms with Crippen molar-refractivity contribution in [1.82, 2.24) is 5.32 Å². The maximum absolute atomic E-state index is 12.0. The molecule has 0 spiro atoms. The lowest BCUT2D eigenvalue weighted by molar-refractivity contribution is -0.143. The van der Waals surface area contributed by atoms with Crippen molar-refractivity contribution in [2.75, 3.05) is 6.54 Å². The van der Waals surface area contributed by atoms with Crippen LogP contribution >= 0.6 is 0 Å². The molecule has 1 aliphatic carbocycles. The standard InChI is InChI=1S/C18H25NO3/c1-2-3-4-8-11-15-12-18(15,17(21)22)13-19-16(20)14-9-6-5-7-10-14/h5-7,9-10,15H,2-4,8,11-13H2,1H3,(H,19,20)(H,21,22). The summed E-state index contributed by atoms with van der Waals surface area (Å²) in [6, 6.07) is 8.92. The highest BCUT2D eigenvalue weighted by atomic mass is 16.4. The number of benzene rings is 1. The number of unbranched alkanes of at least 4 members (excludes halogenated alkanes) is 3. The summed E-state index contributed by atoms with van der Waals surface area (Å²) >= 11 is 0. The van der Waals surface area contributed by atoms with Crippen LogP contribution in [0.1, 0.15) is 55.8 Å². The number of carboxylic acid groups (broad SMARTS) is 1. The van der Waals surface area contributed by atoms with Gasteiger partial charge in [0.1, 0.15) is 0 Å². The van der Waals surface area contributed by atoms with E-state index in [2.05, 4.69) is 12.2 Å². The summed E-state index contributed by atoms with van der Waals surface area (Å²) in [5, 5.41) is 12.3. The molecule has 2 atom stereocenters. The number of amides is 1. The highest BCUT2D eigenvalue weighted by Gasteiger charge is 2.59. The topological polar surface area (TPSA) is 66.4 Å². The Balaban J connectivity index is 1.83. The summed E-state index contributed by atoms with van der Waals surface area (Å²) in [5.74, 6) is -0.767. The largest absolute Gasteiger partial charge is 0.481 e. The van der Waals surface area contributed by atoms with Crippen molar-refractivity contribution in [3.05, 3.63) is 35.9 Å². The molecule has 0 aromatic heterocycles. The summed E-state index contributed by atoms with van der Waals surface area (Å²) < 4.78 is 0. The first-order chi connectivity index (χ1) is 10.6. The Morgan fingerprint density at radius 2 is 1.95 bits per heavy atom. The van der Waals surface area contributed by atoms with Gasteiger partial charge in [0.25, 0.3) is 5.91 Å². The highest BCUT2D eigenvalue weighted by Crippen LogP contribution is 2.55. The van der Waals surface area contributed by atoms with E-state index in [-0.39, 0.29) is 18.4 Å². The molecule has 22 heavy (non-hydrogen) atoms. The van der Waals surface area contributed by atoms with Crippen LogP contribution in [-0.4, -0.2) is 23.5 Å². The fraction of sp³-hybridized carbons (Fsp3) is 0.556. The van der Waals surface area contributed by atoms with Gasteiger partial charge in [-0.25, -0.2) is 0 Å². The second-order valence-electron chi connectivity index (χ2n) is 6.26. The van der Waals surface area contributed by atoms with E-state index in [4.69, 9.17) is 0 Å². The van der Waals surface area contributed by atoms with Crippen LogP contribution in [0.5, 0.6) is 0 Å². The van der Waals surface area contributed by atoms with Gasteiger partial charge in [0.15, 0.2) is 0 Å². The second-order valence-corrected chi connectivity index (χ2v) is 6.26. The third-order valence-electron chi connectivity index (χ3n) is 4.66. The predicted octanol–water partition coefficient (Wildman–Crippen LogP) is 3.48. The third-order valence-corrected chi connectivity index (χ3v) is 4.66. The Bertz CT molecular complexity index is 514. The van der Waals surface area contributed by atoms with Gasteiger partial charge in [0.05, 0.1) is 5.41 Å². The minimum atomic E-state index is -0.777. The monoisotopic (exact) mass is 303 g/mol. The first-order valence-corrected chi connectivity index (χ1v) is 8.17. The molecule has 0 radical (unpaired) electrons. The molecule has 1 amide bonds. The Kier molecular flexibility index (Phi) is 5.58. The van der Waals surface area contributed by atoms with Gasteiger partial charge in [-0.1, -0.05) is 50.8 Å². The fourth-order valence-electron chi connectivity index (χ4n) is 3.06. The SMILES string of the molecule is CCCCCCC1CC1(CNC(=O)c1ccccc1)C(=O)O. The lowest BCUT2D eigenvalue weighted by atomic mass is 9.99. The molecule has 2 rings (SSSR count). The van der Waals surface area contributed by atoms with E-state index < -0.39 is 11.4 Å². The van der Waals surface area contributed by atoms with Crippen LogP contribution < -0.4 is 5.32 Å². The smallest absolute Gasteiger partial charge is 0.311 e. The zero-order chi connectivity index (χ0) is 16.0. The average molecular weight is 303 g/mol. The minimum absolute atomic E-state index is 0.196. The summed E-state index contributed by atoms with van der Waals surface area (Å²) in [5.41, 5.74) is -0.167. The Morgan fingerprint density at radius 1 is 1.23 bits per heavy atom. The van der Waals surface area contributed by atoms with Gasteiger partial charge in [-0.15, -0.1) is 0 Å². The van der Waals surface area contributed by atoms with Gasteiger partial charge in [0, 0.05) is 12.1 Å². The zero-order valence-electron chi connectivity index (χ0n) is 13.2. The molecule has 0 saturated heterocycles. The van der Waals surface area contributed by atoms with E-state index in [9.17, 15) is 14.7 Å². The van der Waals surface area contributed by atoms with Crippen molar-refractivity contribution in [1.29, 1.82) is 0 Å². The molecule has 1 aliphatic rings. The summed E-state index contributed by atoms with van der Waals surface area (Å²) in [6.45, 7) is 2.40. The number of carbonyl (C=O) groups is 2. The highest BCUT2D eigenvalue weighted by molar-refractivity contribution is 5.94. The van der Waals surface area contributed by atoms with Crippen molar-refractivity contribution in [3.63, 3.8) is 0 Å². The molecule has 1 aromatic rings. The summed E-state index contributed by atoms with van der Waals surface area (Å²) in [6.07, 6.45) is 6.27. The second kappa shape index (κ2) is 7.43. The van der Waals surface area contributed by atoms with Crippen LogP contribution in [0, 0.1) is 11.3 Å². The van der Waals surface area contributed by atoms with Crippen molar-refractivity contribution < 1.29 is 14.7 Å². The van der Waals surface area contributed by atoms with Crippen LogP contribution in [-0.2, 0) is 4.79 Å². The normalized spacial score (nSPS) is 23.0. The number of rotatable bonds is 9. The predicted molar refractivity (Wildman–Crippen MR) is 85.7 cm³/mol. The number of aliphatic carboxylic acids is 1. The molecule has 1 aromatic carbocycles. The first-order valence-electron chi connectivity index (χ1n) is 8.17. The van der Waals surface area contributed by atoms with Gasteiger partial charge in [-0.2, -0.15) is 0 Å². The molecular weight excluding hydrogens is 278 g/mol. The van der Waals surface area contributed by atoms with Gasteiger partial charge < -0.3 is 10.4 Å². The molecule has 4 heteroatoms. The average Bonchev–Trinajstić information content (AvgIpc) is 3.25. The number of nitrogens with one attached hydrogen (secondary N) is 1. The van der Waals surface area contributed by atoms with E-state index in [0.29, 0.717) is 12.0 Å². The van der Waals surface area contributed by atoms with E-state index in [1.54, 1.807) is 24.3 Å². The van der Waals surface area contributed by atoms with Crippen molar-refractivity contribution >= 4 is 11.9 Å². The lowest BCUT2D eigenvalue weighted by Gasteiger charge is -2.14. The minimum Gasteiger partial charge on any atom is -0.481 e. The van der Waals surface area contributed by atoms with Crippen LogP contribution in [0.4, 0.5) is 0 Å². The number of hydrogen-bond donors (Lipinski definition) is 2. The molecule has 4 nitrogen and oxygen atoms in total. The number of carboxylic acids is 1. The molecule has 0 bridgehead atoms. The maximum atomic E-state index is 12.0. The molecule has 2 unspecified atom stereocenters. The van der Waals surface area contributed by atoms with Gasteiger partial charge in [0.2, 0.25) is 0 Å². The number of hydrogen-bond acceptors (Lipinski definition) is 2. The van der Waals surface area contributed by atoms with Crippen molar-refractivity contribution in [3.8, 4) is 0 Å². The zero-order valence-corrected chi connectivity index (χ0v) is 13.2. The molecule has 0 heterocycles. The van der Waals surface area contributed by atoms with Crippen LogP contribution in [0.3, 0.4) is 0 Å². The van der Waals surface area contributed by atoms with Gasteiger partial charge in [-0.3, -0.25) is 9.59 Å². The van der Waals surface area contributed by atoms with E-state index in [1.807, 2.05) is 6.07 Å². The molecule has 2 N–H and O–H groups in total. The van der Waals surface area contributed by atoms with Crippen LogP contribution in [0.2, 0.25) is 0 Å². The van der Waals surface area contributed by atoms with Crippen LogP contribution in [0.25, 0.3) is 0 Å². The summed E-state index contributed by atoms with van der Waals surface area (Å²) in [7, 11) is 0. The van der Waals surface area contributed by atoms with Gasteiger partial charge in [-0.05, 0) is 30.9 Å². The van der Waals surface area contributed by atoms with Crippen molar-refractivity contribution in [2.24, 2.45) is 11.3 Å². The summed E-state index contributed by atoms with van der Waals surface area (Å²) in [4.78, 5) is 23.6. The van der Waals surface area contributed by atoms with E-state index >= 15 is 0 Å². The molecular formula is C18H25NO3. The van der Waals surface area contributed by atoms with Crippen LogP contribution in [0.15, 0.2) is 30.3 Å². The molecule has 1 saturated carbocycles. The quantitative estimate of drug-likeness (QED) is 0.686. The fourth-order valence-corrected chi connectivity index (χ4v) is 3.06. The Labute approximate surface area is 131 Å². The maximum Gasteiger partial charge on any atom is 0.311 e. The van der Waals surface area contributed by atoms with Gasteiger partial charge >= 0.3 is 5.97 Å². The Morgan fingerprint density at radius 3 is 2.59 bits per heavy atom. The van der Waals surface area contributed by atoms with Crippen molar-refractivity contribution in [2.45, 2.75) is 45.4 Å². The molecule has 120 valence electrons. The molecule has 0 aliphatic heterocycles. The van der Waals surface area contributed by atoms with E-state index in [0.717, 1.165) is 12.8 Å².